The van der Waals surface area contributed by atoms with E-state index >= 15 is 0 Å². The smallest absolute Gasteiger partial charge is 0.491 e. The Morgan fingerprint density at radius 2 is 0.819 bits per heavy atom. The lowest BCUT2D eigenvalue weighted by atomic mass is 10.0. The minimum Gasteiger partial charge on any atom is -0.506 e. The van der Waals surface area contributed by atoms with E-state index in [1.165, 1.54) is 75.9 Å². The van der Waals surface area contributed by atoms with Crippen molar-refractivity contribution < 1.29 is 49.2 Å². The number of nitrogens with one attached hydrogen (secondary N) is 3. The van der Waals surface area contributed by atoms with Crippen LogP contribution in [0.25, 0.3) is 0 Å². The molecule has 0 atom stereocenters. The molecular weight excluding hydrogens is 1910 g/mol. The summed E-state index contributed by atoms with van der Waals surface area (Å²) in [5.74, 6) is 4.97. The van der Waals surface area contributed by atoms with Crippen molar-refractivity contribution in [1.82, 2.24) is 78.5 Å². The normalized spacial score (nSPS) is 11.5. The molecular formula is C116H161F9N17O7+. The topological polar surface area (TPSA) is 318 Å². The third-order valence-electron chi connectivity index (χ3n) is 22.9. The van der Waals surface area contributed by atoms with Crippen LogP contribution in [0.1, 0.15) is 405 Å². The summed E-state index contributed by atoms with van der Waals surface area (Å²) in [7, 11) is 3.86. The van der Waals surface area contributed by atoms with Crippen molar-refractivity contribution in [3.05, 3.63) is 382 Å². The molecule has 149 heavy (non-hydrogen) atoms. The van der Waals surface area contributed by atoms with Crippen molar-refractivity contribution in [3.8, 4) is 5.75 Å². The average Bonchev–Trinajstić information content (AvgIpc) is 1.71. The summed E-state index contributed by atoms with van der Waals surface area (Å²) in [6.45, 7) is 68.8. The van der Waals surface area contributed by atoms with Crippen molar-refractivity contribution >= 4 is 0 Å². The van der Waals surface area contributed by atoms with E-state index in [1.807, 2.05) is 162 Å². The van der Waals surface area contributed by atoms with Gasteiger partial charge in [-0.1, -0.05) is 210 Å². The highest BCUT2D eigenvalue weighted by molar-refractivity contribution is 5.31. The van der Waals surface area contributed by atoms with Crippen molar-refractivity contribution in [1.29, 1.82) is 0 Å². The van der Waals surface area contributed by atoms with Gasteiger partial charge < -0.3 is 29.2 Å². The van der Waals surface area contributed by atoms with Crippen LogP contribution in [0.3, 0.4) is 0 Å². The second-order valence-corrected chi connectivity index (χ2v) is 40.4. The summed E-state index contributed by atoms with van der Waals surface area (Å²) in [5.41, 5.74) is 18.8. The third kappa shape index (κ3) is 50.0. The lowest BCUT2D eigenvalue weighted by Crippen LogP contribution is -2.31. The molecule has 1 fully saturated rings. The number of halogens is 9. The van der Waals surface area contributed by atoms with Gasteiger partial charge >= 0.3 is 18.7 Å². The molecule has 14 rings (SSSR count). The maximum Gasteiger partial charge on any atom is 0.491 e. The number of aromatic amines is 3. The molecule has 13 heterocycles. The first kappa shape index (κ1) is 132. The lowest BCUT2D eigenvalue weighted by Gasteiger charge is -2.12. The Balaban J connectivity index is 0.000000546. The zero-order valence-corrected chi connectivity index (χ0v) is 94.0. The molecule has 1 aliphatic carbocycles. The molecule has 33 heteroatoms. The van der Waals surface area contributed by atoms with E-state index in [4.69, 9.17) is 0 Å². The van der Waals surface area contributed by atoms with Crippen molar-refractivity contribution in [3.63, 3.8) is 0 Å². The van der Waals surface area contributed by atoms with Gasteiger partial charge in [0.25, 0.3) is 16.7 Å². The Bertz CT molecular complexity index is 6280. The molecule has 0 aromatic carbocycles. The van der Waals surface area contributed by atoms with Crippen molar-refractivity contribution in [2.75, 3.05) is 0 Å². The third-order valence-corrected chi connectivity index (χ3v) is 22.9. The molecule has 4 N–H and O–H groups in total. The van der Waals surface area contributed by atoms with Crippen LogP contribution >= 0.6 is 0 Å². The van der Waals surface area contributed by atoms with Gasteiger partial charge in [-0.05, 0) is 213 Å². The zero-order valence-electron chi connectivity index (χ0n) is 94.0. The Kier molecular flexibility index (Phi) is 56.1. The van der Waals surface area contributed by atoms with Crippen LogP contribution < -0.4 is 37.8 Å². The Labute approximate surface area is 874 Å². The van der Waals surface area contributed by atoms with Crippen LogP contribution in [0.2, 0.25) is 0 Å². The molecule has 0 amide bonds. The maximum atomic E-state index is 12.3. The van der Waals surface area contributed by atoms with Gasteiger partial charge in [-0.15, -0.1) is 13.2 Å². The van der Waals surface area contributed by atoms with E-state index in [0.717, 1.165) is 75.6 Å². The van der Waals surface area contributed by atoms with E-state index in [9.17, 15) is 73.4 Å². The SMILES string of the molecule is CC(C)c1ccc(=O)[nH]c1.CC(C)c1ccc(=O)n(C(F)(F)F)c1.CC(C)c1ccc(=O)n(C)c1.CC(C)c1ccc(=O)n(C2CC2)c1.CC(C)c1cnc(C(F)(F)F)cn1.CC(C)c1cnc(C(F)(F)F)nc1.Cc1cc(=O)c(C(C)C)c[nH]1.Cc1cc(C)c(C(C)C)cn1.Cc1ccc(C(C)C)c(=O)[nH]1.Cc1ccc(C(C)C)c[n+]1C.Cc1cnc(C(C)C)cn1.Cc1ncc(C(C)C)cc1O.Cc1ncc(C(C)C)cn1. The minimum atomic E-state index is -4.64. The Hall–Kier alpha value is -13.4. The van der Waals surface area contributed by atoms with Gasteiger partial charge in [0, 0.05) is 177 Å². The number of alkyl halides is 9. The first-order valence-electron chi connectivity index (χ1n) is 50.2. The molecule has 13 aromatic rings. The van der Waals surface area contributed by atoms with Crippen LogP contribution in [-0.4, -0.2) is 83.6 Å². The minimum absolute atomic E-state index is 0.0376. The predicted molar refractivity (Wildman–Crippen MR) is 581 cm³/mol. The van der Waals surface area contributed by atoms with Gasteiger partial charge in [0.1, 0.15) is 18.6 Å². The number of aromatic hydroxyl groups is 1. The summed E-state index contributed by atoms with van der Waals surface area (Å²) in [6.07, 6.45) is 14.9. The highest BCUT2D eigenvalue weighted by Gasteiger charge is 2.35. The van der Waals surface area contributed by atoms with E-state index in [2.05, 4.69) is 225 Å². The summed E-state index contributed by atoms with van der Waals surface area (Å²) < 4.78 is 114. The molecule has 13 aromatic heterocycles. The molecule has 1 saturated carbocycles. The van der Waals surface area contributed by atoms with Gasteiger partial charge in [-0.3, -0.25) is 53.7 Å². The van der Waals surface area contributed by atoms with Crippen LogP contribution in [0.5, 0.6) is 5.75 Å². The molecule has 24 nitrogen and oxygen atoms in total. The van der Waals surface area contributed by atoms with Crippen LogP contribution in [0, 0.1) is 55.4 Å². The number of aryl methyl sites for hydroxylation is 10. The monoisotopic (exact) mass is 2080 g/mol. The zero-order chi connectivity index (χ0) is 114. The average molecular weight is 2080 g/mol. The number of hydrogen-bond acceptors (Lipinski definition) is 17. The molecule has 0 saturated heterocycles. The number of pyridine rings is 9. The fraction of sp³-hybridized carbons (Fsp3) is 0.474. The highest BCUT2D eigenvalue weighted by Crippen LogP contribution is 2.35. The van der Waals surface area contributed by atoms with E-state index < -0.39 is 35.7 Å². The first-order chi connectivity index (χ1) is 69.1. The molecule has 0 aliphatic heterocycles. The van der Waals surface area contributed by atoms with Gasteiger partial charge in [-0.2, -0.15) is 26.3 Å². The molecule has 1 aliphatic rings. The summed E-state index contributed by atoms with van der Waals surface area (Å²) >= 11 is 0. The van der Waals surface area contributed by atoms with E-state index in [1.54, 1.807) is 87.5 Å². The number of aromatic nitrogens is 17. The van der Waals surface area contributed by atoms with E-state index in [0.29, 0.717) is 87.7 Å². The molecule has 0 unspecified atom stereocenters. The van der Waals surface area contributed by atoms with Gasteiger partial charge in [0.15, 0.2) is 23.0 Å². The summed E-state index contributed by atoms with van der Waals surface area (Å²) in [4.78, 5) is 113. The fourth-order valence-corrected chi connectivity index (χ4v) is 12.5. The largest absolute Gasteiger partial charge is 0.506 e. The van der Waals surface area contributed by atoms with Gasteiger partial charge in [-0.25, -0.2) is 34.1 Å². The Morgan fingerprint density at radius 1 is 0.369 bits per heavy atom. The molecule has 0 radical (unpaired) electrons. The van der Waals surface area contributed by atoms with Gasteiger partial charge in [0.05, 0.1) is 29.0 Å². The van der Waals surface area contributed by atoms with Crippen LogP contribution in [0.15, 0.2) is 219 Å². The van der Waals surface area contributed by atoms with Crippen molar-refractivity contribution in [2.45, 2.75) is 350 Å². The molecule has 0 bridgehead atoms. The molecule has 814 valence electrons. The number of nitrogens with zero attached hydrogens (tertiary/aromatic N) is 14. The predicted octanol–water partition coefficient (Wildman–Crippen LogP) is 27.4. The Morgan fingerprint density at radius 3 is 1.21 bits per heavy atom. The summed E-state index contributed by atoms with van der Waals surface area (Å²) in [5, 5.41) is 9.29. The lowest BCUT2D eigenvalue weighted by molar-refractivity contribution is -0.678. The van der Waals surface area contributed by atoms with Crippen LogP contribution in [0.4, 0.5) is 39.5 Å². The second kappa shape index (κ2) is 63.5. The number of hydrogen-bond donors (Lipinski definition) is 4. The highest BCUT2D eigenvalue weighted by atomic mass is 19.4. The second-order valence-electron chi connectivity index (χ2n) is 40.4. The van der Waals surface area contributed by atoms with Crippen LogP contribution in [-0.2, 0) is 32.7 Å². The quantitative estimate of drug-likeness (QED) is 0.0580. The summed E-state index contributed by atoms with van der Waals surface area (Å²) in [6, 6.07) is 27.1. The van der Waals surface area contributed by atoms with Crippen molar-refractivity contribution in [2.24, 2.45) is 14.1 Å². The van der Waals surface area contributed by atoms with Gasteiger partial charge in [0.2, 0.25) is 16.9 Å². The first-order valence-corrected chi connectivity index (χ1v) is 50.2. The standard InChI is InChI=1S/C11H15NO.C10H15N.C10H16N.C9H10F3NO.4C9H13NO.2C8H9F3N2.2C8H12N2.C8H11NO/c1-8(2)9-3-6-11(13)12(7-9)10-4-5-10;1-7(2)10-6-11-9(4)5-8(10)3;1-8(2)10-6-5-9(3)11(4)7-10;1-6(2)7-3-4-8(14)13(5-7)9(10,11)12;1-6(2)8-4-9(11)7(3)10-5-8;1-6(2)8-5-10-7(3)4-9(8)11;1-7(2)8-4-5-9(11)10(3)6-8;1-6(2)8-5-4-7(3)10-9(8)11;1-5(2)6-3-13-7(4-12-6)8(9,10)11;1-5(2)6-3-12-7(13-4-6)8(9,10)11;1-6(2)8-4-9-7(3)10-5-8;1-6(2)8-5-9-7(3)4-10-8;1-6(2)7-3-4-8(10)9-5-7/h3,6-8,10H,4-5H2,1-2H3;5-7H,1-4H3;5-8H,1-4H3;3-6H,1-2H3;4-6,11H,1-3H3;4-6H,1-3H3,(H,10,11);4-7H,1-3H3;4-6H,1-3H3,(H,10,11);2*3-5H,1-2H3;2*4-6H,1-3H3;3-6H,1-2H3,(H,9,10)/q;;+1;;;;;;;;;;. The molecule has 0 spiro atoms. The number of rotatable bonds is 14. The fourth-order valence-electron chi connectivity index (χ4n) is 12.5. The maximum absolute atomic E-state index is 12.3. The van der Waals surface area contributed by atoms with E-state index in [-0.39, 0.29) is 55.7 Å². The number of H-pyrrole nitrogens is 3.